The molecule has 1 atom stereocenters. The molecule has 1 fully saturated rings. The maximum absolute atomic E-state index is 11.8. The lowest BCUT2D eigenvalue weighted by Crippen LogP contribution is -2.42. The van der Waals surface area contributed by atoms with Gasteiger partial charge in [-0.3, -0.25) is 0 Å². The summed E-state index contributed by atoms with van der Waals surface area (Å²) < 4.78 is 14.8. The Morgan fingerprint density at radius 1 is 1.31 bits per heavy atom. The molecule has 0 amide bonds. The van der Waals surface area contributed by atoms with Gasteiger partial charge in [-0.25, -0.2) is 0 Å². The van der Waals surface area contributed by atoms with Gasteiger partial charge in [0.25, 0.3) is 0 Å². The number of nitrogens with one attached hydrogen (secondary N) is 2. The summed E-state index contributed by atoms with van der Waals surface area (Å²) in [6, 6.07) is 0. The van der Waals surface area contributed by atoms with Crippen molar-refractivity contribution in [1.82, 2.24) is 10.0 Å². The van der Waals surface area contributed by atoms with E-state index >= 15 is 0 Å². The SMILES string of the molecule is CC1(CCN[S+]([O-])C(C)(C)C)CCNCC1. The van der Waals surface area contributed by atoms with Crippen molar-refractivity contribution in [1.29, 1.82) is 0 Å². The van der Waals surface area contributed by atoms with E-state index in [-0.39, 0.29) is 4.75 Å². The minimum absolute atomic E-state index is 0.158. The highest BCUT2D eigenvalue weighted by atomic mass is 32.2. The zero-order chi connectivity index (χ0) is 12.2. The third-order valence-electron chi connectivity index (χ3n) is 3.33. The van der Waals surface area contributed by atoms with Crippen LogP contribution in [0.5, 0.6) is 0 Å². The van der Waals surface area contributed by atoms with Gasteiger partial charge in [0.2, 0.25) is 0 Å². The van der Waals surface area contributed by atoms with E-state index in [4.69, 9.17) is 0 Å². The van der Waals surface area contributed by atoms with Gasteiger partial charge in [-0.1, -0.05) is 6.92 Å². The quantitative estimate of drug-likeness (QED) is 0.744. The van der Waals surface area contributed by atoms with E-state index in [1.807, 2.05) is 20.8 Å². The zero-order valence-electron chi connectivity index (χ0n) is 11.1. The third kappa shape index (κ3) is 4.62. The van der Waals surface area contributed by atoms with Crippen molar-refractivity contribution in [2.75, 3.05) is 19.6 Å². The van der Waals surface area contributed by atoms with E-state index in [9.17, 15) is 4.55 Å². The summed E-state index contributed by atoms with van der Waals surface area (Å²) in [7, 11) is 0. The van der Waals surface area contributed by atoms with Crippen LogP contribution in [0.15, 0.2) is 0 Å². The van der Waals surface area contributed by atoms with Crippen LogP contribution in [0.1, 0.15) is 47.0 Å². The average molecular weight is 246 g/mol. The van der Waals surface area contributed by atoms with Crippen LogP contribution >= 0.6 is 0 Å². The summed E-state index contributed by atoms with van der Waals surface area (Å²) in [6.45, 7) is 11.5. The Bertz CT molecular complexity index is 210. The smallest absolute Gasteiger partial charge is 0.136 e. The molecule has 0 bridgehead atoms. The first-order valence-electron chi connectivity index (χ1n) is 6.20. The topological polar surface area (TPSA) is 47.1 Å². The van der Waals surface area contributed by atoms with Crippen molar-refractivity contribution in [2.24, 2.45) is 5.41 Å². The normalized spacial score (nSPS) is 23.1. The Labute approximate surface area is 103 Å². The molecule has 0 aliphatic carbocycles. The number of rotatable bonds is 4. The van der Waals surface area contributed by atoms with Gasteiger partial charge in [0.1, 0.15) is 4.75 Å². The van der Waals surface area contributed by atoms with Gasteiger partial charge in [0.15, 0.2) is 0 Å². The van der Waals surface area contributed by atoms with Gasteiger partial charge in [0.05, 0.1) is 0 Å². The zero-order valence-corrected chi connectivity index (χ0v) is 11.9. The summed E-state index contributed by atoms with van der Waals surface area (Å²) in [5.74, 6) is 0. The van der Waals surface area contributed by atoms with Crippen LogP contribution in [0.25, 0.3) is 0 Å². The van der Waals surface area contributed by atoms with Crippen molar-refractivity contribution in [2.45, 2.75) is 51.7 Å². The molecule has 2 N–H and O–H groups in total. The van der Waals surface area contributed by atoms with E-state index in [0.717, 1.165) is 26.1 Å². The summed E-state index contributed by atoms with van der Waals surface area (Å²) >= 11 is -0.926. The van der Waals surface area contributed by atoms with Crippen LogP contribution < -0.4 is 10.0 Å². The molecule has 96 valence electrons. The van der Waals surface area contributed by atoms with Gasteiger partial charge in [-0.2, -0.15) is 0 Å². The van der Waals surface area contributed by atoms with Crippen LogP contribution in [0.2, 0.25) is 0 Å². The van der Waals surface area contributed by atoms with E-state index in [1.54, 1.807) is 0 Å². The van der Waals surface area contributed by atoms with Crippen molar-refractivity contribution in [3.8, 4) is 0 Å². The van der Waals surface area contributed by atoms with Crippen molar-refractivity contribution >= 4 is 11.4 Å². The standard InChI is InChI=1S/C12H26N2OS/c1-11(2,3)16(15)14-10-7-12(4)5-8-13-9-6-12/h13-14H,5-10H2,1-4H3. The Balaban J connectivity index is 2.24. The summed E-state index contributed by atoms with van der Waals surface area (Å²) in [4.78, 5) is 0. The first kappa shape index (κ1) is 14.3. The molecule has 1 saturated heterocycles. The Hall–Kier alpha value is 0.230. The number of hydrogen-bond donors (Lipinski definition) is 2. The molecule has 1 rings (SSSR count). The summed E-state index contributed by atoms with van der Waals surface area (Å²) in [6.07, 6.45) is 3.59. The molecule has 0 radical (unpaired) electrons. The fourth-order valence-corrected chi connectivity index (χ4v) is 2.66. The Kier molecular flexibility index (Phi) is 5.10. The largest absolute Gasteiger partial charge is 0.598 e. The molecule has 1 unspecified atom stereocenters. The van der Waals surface area contributed by atoms with Crippen LogP contribution in [0.4, 0.5) is 0 Å². The summed E-state index contributed by atoms with van der Waals surface area (Å²) in [5.41, 5.74) is 0.431. The number of hydrogen-bond acceptors (Lipinski definition) is 3. The minimum Gasteiger partial charge on any atom is -0.598 e. The minimum atomic E-state index is -0.926. The van der Waals surface area contributed by atoms with Gasteiger partial charge in [-0.15, -0.1) is 4.72 Å². The molecule has 3 nitrogen and oxygen atoms in total. The second-order valence-electron chi connectivity index (χ2n) is 6.09. The third-order valence-corrected chi connectivity index (χ3v) is 4.91. The van der Waals surface area contributed by atoms with Gasteiger partial charge < -0.3 is 9.87 Å². The van der Waals surface area contributed by atoms with Crippen LogP contribution in [-0.4, -0.2) is 28.9 Å². The second kappa shape index (κ2) is 5.71. The maximum Gasteiger partial charge on any atom is 0.136 e. The van der Waals surface area contributed by atoms with Gasteiger partial charge in [0, 0.05) is 17.9 Å². The molecule has 1 aliphatic rings. The van der Waals surface area contributed by atoms with E-state index in [2.05, 4.69) is 17.0 Å². The van der Waals surface area contributed by atoms with Crippen LogP contribution in [-0.2, 0) is 11.4 Å². The second-order valence-corrected chi connectivity index (χ2v) is 8.14. The lowest BCUT2D eigenvalue weighted by Gasteiger charge is -2.34. The molecule has 4 heteroatoms. The van der Waals surface area contributed by atoms with Crippen molar-refractivity contribution < 1.29 is 4.55 Å². The molecular formula is C12H26N2OS. The van der Waals surface area contributed by atoms with Gasteiger partial charge >= 0.3 is 0 Å². The first-order chi connectivity index (χ1) is 7.33. The Morgan fingerprint density at radius 3 is 2.38 bits per heavy atom. The molecule has 0 spiro atoms. The highest BCUT2D eigenvalue weighted by Crippen LogP contribution is 2.31. The number of piperidine rings is 1. The highest BCUT2D eigenvalue weighted by molar-refractivity contribution is 7.90. The van der Waals surface area contributed by atoms with Crippen LogP contribution in [0.3, 0.4) is 0 Å². The molecular weight excluding hydrogens is 220 g/mol. The predicted molar refractivity (Wildman–Crippen MR) is 70.7 cm³/mol. The molecule has 16 heavy (non-hydrogen) atoms. The molecule has 0 aromatic rings. The van der Waals surface area contributed by atoms with Crippen LogP contribution in [0, 0.1) is 5.41 Å². The summed E-state index contributed by atoms with van der Waals surface area (Å²) in [5, 5.41) is 3.38. The fraction of sp³-hybridized carbons (Fsp3) is 1.00. The fourth-order valence-electron chi connectivity index (χ4n) is 1.94. The monoisotopic (exact) mass is 246 g/mol. The first-order valence-corrected chi connectivity index (χ1v) is 7.35. The van der Waals surface area contributed by atoms with E-state index in [0.29, 0.717) is 5.41 Å². The average Bonchev–Trinajstić information content (AvgIpc) is 2.17. The molecule has 1 aliphatic heterocycles. The lowest BCUT2D eigenvalue weighted by molar-refractivity contribution is 0.213. The highest BCUT2D eigenvalue weighted by Gasteiger charge is 2.29. The molecule has 0 aromatic carbocycles. The molecule has 1 heterocycles. The van der Waals surface area contributed by atoms with E-state index < -0.39 is 11.4 Å². The molecule has 0 aromatic heterocycles. The van der Waals surface area contributed by atoms with E-state index in [1.165, 1.54) is 12.8 Å². The van der Waals surface area contributed by atoms with Crippen molar-refractivity contribution in [3.05, 3.63) is 0 Å². The van der Waals surface area contributed by atoms with Crippen molar-refractivity contribution in [3.63, 3.8) is 0 Å². The molecule has 0 saturated carbocycles. The predicted octanol–water partition coefficient (Wildman–Crippen LogP) is 1.82. The lowest BCUT2D eigenvalue weighted by atomic mass is 9.78. The van der Waals surface area contributed by atoms with Gasteiger partial charge in [-0.05, 0) is 58.5 Å². The Morgan fingerprint density at radius 2 is 1.88 bits per heavy atom. The maximum atomic E-state index is 11.8.